The number of nitrogens with zero attached hydrogens (tertiary/aromatic N) is 2. The van der Waals surface area contributed by atoms with Crippen LogP contribution in [0.4, 0.5) is 17.1 Å². The van der Waals surface area contributed by atoms with Crippen LogP contribution >= 0.6 is 11.6 Å². The second-order valence-corrected chi connectivity index (χ2v) is 7.84. The molecule has 158 valence electrons. The zero-order valence-electron chi connectivity index (χ0n) is 17.2. The molecule has 0 saturated carbocycles. The highest BCUT2D eigenvalue weighted by Gasteiger charge is 2.25. The van der Waals surface area contributed by atoms with Crippen molar-refractivity contribution in [3.63, 3.8) is 0 Å². The highest BCUT2D eigenvalue weighted by Crippen LogP contribution is 2.37. The Bertz CT molecular complexity index is 1120. The van der Waals surface area contributed by atoms with E-state index in [4.69, 9.17) is 23.2 Å². The van der Waals surface area contributed by atoms with Crippen LogP contribution in [0.2, 0.25) is 5.02 Å². The largest absolute Gasteiger partial charge is 0.401 e. The molecule has 0 radical (unpaired) electrons. The molecule has 0 fully saturated rings. The predicted octanol–water partition coefficient (Wildman–Crippen LogP) is 4.57. The summed E-state index contributed by atoms with van der Waals surface area (Å²) in [5.41, 5.74) is 11.5. The van der Waals surface area contributed by atoms with Crippen LogP contribution in [0.25, 0.3) is 5.70 Å². The summed E-state index contributed by atoms with van der Waals surface area (Å²) >= 11 is 6.09. The molecular formula is C24H24ClN5O. The van der Waals surface area contributed by atoms with Gasteiger partial charge in [0.05, 0.1) is 17.9 Å². The number of carbonyl (C=O) groups excluding carboxylic acids is 1. The summed E-state index contributed by atoms with van der Waals surface area (Å²) < 4.78 is 0. The standard InChI is InChI=1S/C24H24ClN5O/c1-16(26)23-21-12-7-17(24(31)28-19-5-3-2-4-6-19)15-22(21)29(13-14-30(23)27)20-10-8-18(25)9-11-20/h2-12,15H,13-14,26-27H2,1H3,(H,28,31)/b23-16-. The highest BCUT2D eigenvalue weighted by atomic mass is 35.5. The van der Waals surface area contributed by atoms with Crippen molar-refractivity contribution in [3.05, 3.63) is 94.6 Å². The number of amides is 1. The molecule has 4 rings (SSSR count). The molecular weight excluding hydrogens is 410 g/mol. The quantitative estimate of drug-likeness (QED) is 0.527. The molecule has 1 heterocycles. The van der Waals surface area contributed by atoms with E-state index >= 15 is 0 Å². The van der Waals surface area contributed by atoms with Gasteiger partial charge in [0.2, 0.25) is 0 Å². The lowest BCUT2D eigenvalue weighted by Crippen LogP contribution is -2.34. The predicted molar refractivity (Wildman–Crippen MR) is 127 cm³/mol. The number of nitrogens with two attached hydrogens (primary N) is 2. The molecule has 3 aromatic rings. The maximum Gasteiger partial charge on any atom is 0.255 e. The fourth-order valence-corrected chi connectivity index (χ4v) is 3.87. The van der Waals surface area contributed by atoms with Gasteiger partial charge in [0.15, 0.2) is 0 Å². The van der Waals surface area contributed by atoms with E-state index in [0.717, 1.165) is 28.3 Å². The minimum Gasteiger partial charge on any atom is -0.401 e. The van der Waals surface area contributed by atoms with Crippen LogP contribution in [0, 0.1) is 0 Å². The minimum atomic E-state index is -0.186. The summed E-state index contributed by atoms with van der Waals surface area (Å²) in [4.78, 5) is 15.1. The van der Waals surface area contributed by atoms with Gasteiger partial charge in [-0.25, -0.2) is 5.84 Å². The van der Waals surface area contributed by atoms with Crippen LogP contribution in [0.15, 0.2) is 78.5 Å². The van der Waals surface area contributed by atoms with Gasteiger partial charge in [-0.3, -0.25) is 4.79 Å². The molecule has 1 aliphatic heterocycles. The normalized spacial score (nSPS) is 15.2. The third kappa shape index (κ3) is 4.35. The maximum absolute atomic E-state index is 12.9. The van der Waals surface area contributed by atoms with Gasteiger partial charge in [0.1, 0.15) is 0 Å². The molecule has 6 nitrogen and oxygen atoms in total. The first-order chi connectivity index (χ1) is 14.9. The van der Waals surface area contributed by atoms with Gasteiger partial charge in [-0.2, -0.15) is 0 Å². The van der Waals surface area contributed by atoms with Gasteiger partial charge in [0, 0.05) is 39.8 Å². The van der Waals surface area contributed by atoms with Crippen molar-refractivity contribution >= 4 is 40.3 Å². The van der Waals surface area contributed by atoms with Gasteiger partial charge in [0.25, 0.3) is 5.91 Å². The molecule has 0 spiro atoms. The third-order valence-corrected chi connectivity index (χ3v) is 5.45. The number of hydrogen-bond acceptors (Lipinski definition) is 5. The zero-order valence-corrected chi connectivity index (χ0v) is 17.9. The Kier molecular flexibility index (Phi) is 5.84. The zero-order chi connectivity index (χ0) is 22.0. The SMILES string of the molecule is C/C(N)=C1\c2ccc(C(=O)Nc3ccccc3)cc2N(c2ccc(Cl)cc2)CCN1N. The highest BCUT2D eigenvalue weighted by molar-refractivity contribution is 6.30. The number of hydrazine groups is 1. The Morgan fingerprint density at radius 1 is 1.00 bits per heavy atom. The number of benzene rings is 3. The average molecular weight is 434 g/mol. The van der Waals surface area contributed by atoms with Crippen LogP contribution in [0.5, 0.6) is 0 Å². The molecule has 5 N–H and O–H groups in total. The number of fused-ring (bicyclic) bond motifs is 1. The van der Waals surface area contributed by atoms with Crippen LogP contribution in [-0.2, 0) is 0 Å². The van der Waals surface area contributed by atoms with Gasteiger partial charge >= 0.3 is 0 Å². The number of halogens is 1. The van der Waals surface area contributed by atoms with E-state index < -0.39 is 0 Å². The monoisotopic (exact) mass is 433 g/mol. The van der Waals surface area contributed by atoms with E-state index in [1.165, 1.54) is 0 Å². The van der Waals surface area contributed by atoms with Crippen molar-refractivity contribution in [1.29, 1.82) is 0 Å². The van der Waals surface area contributed by atoms with Crippen LogP contribution < -0.4 is 21.8 Å². The average Bonchev–Trinajstić information content (AvgIpc) is 2.90. The second kappa shape index (κ2) is 8.71. The molecule has 7 heteroatoms. The summed E-state index contributed by atoms with van der Waals surface area (Å²) in [6.07, 6.45) is 0. The molecule has 3 aromatic carbocycles. The maximum atomic E-state index is 12.9. The van der Waals surface area contributed by atoms with Crippen molar-refractivity contribution in [2.24, 2.45) is 11.6 Å². The first-order valence-corrected chi connectivity index (χ1v) is 10.3. The van der Waals surface area contributed by atoms with Crippen LogP contribution in [0.1, 0.15) is 22.8 Å². The number of nitrogens with one attached hydrogen (secondary N) is 1. The van der Waals surface area contributed by atoms with Crippen LogP contribution in [-0.4, -0.2) is 24.0 Å². The summed E-state index contributed by atoms with van der Waals surface area (Å²) in [5.74, 6) is 6.14. The molecule has 0 atom stereocenters. The van der Waals surface area contributed by atoms with Gasteiger partial charge in [-0.05, 0) is 61.5 Å². The van der Waals surface area contributed by atoms with E-state index in [2.05, 4.69) is 10.2 Å². The lowest BCUT2D eigenvalue weighted by atomic mass is 10.0. The third-order valence-electron chi connectivity index (χ3n) is 5.20. The van der Waals surface area contributed by atoms with Crippen molar-refractivity contribution < 1.29 is 4.79 Å². The molecule has 31 heavy (non-hydrogen) atoms. The number of anilines is 3. The first-order valence-electron chi connectivity index (χ1n) is 9.96. The first kappa shape index (κ1) is 20.8. The molecule has 1 aliphatic rings. The van der Waals surface area contributed by atoms with Crippen LogP contribution in [0.3, 0.4) is 0 Å². The Labute approximate surface area is 186 Å². The number of allylic oxidation sites excluding steroid dienone is 1. The number of carbonyl (C=O) groups is 1. The Hall–Kier alpha value is -3.48. The van der Waals surface area contributed by atoms with E-state index in [0.29, 0.717) is 29.4 Å². The Morgan fingerprint density at radius 2 is 1.71 bits per heavy atom. The van der Waals surface area contributed by atoms with Crippen molar-refractivity contribution in [2.45, 2.75) is 6.92 Å². The lowest BCUT2D eigenvalue weighted by Gasteiger charge is -2.25. The Morgan fingerprint density at radius 3 is 2.39 bits per heavy atom. The lowest BCUT2D eigenvalue weighted by molar-refractivity contribution is 0.102. The molecule has 0 unspecified atom stereocenters. The van der Waals surface area contributed by atoms with E-state index in [1.807, 2.05) is 73.7 Å². The molecule has 1 amide bonds. The van der Waals surface area contributed by atoms with Crippen molar-refractivity contribution in [2.75, 3.05) is 23.3 Å². The summed E-state index contributed by atoms with van der Waals surface area (Å²) in [7, 11) is 0. The fourth-order valence-electron chi connectivity index (χ4n) is 3.74. The molecule has 0 saturated heterocycles. The van der Waals surface area contributed by atoms with Gasteiger partial charge < -0.3 is 21.0 Å². The van der Waals surface area contributed by atoms with Crippen molar-refractivity contribution in [1.82, 2.24) is 5.01 Å². The van der Waals surface area contributed by atoms with E-state index in [9.17, 15) is 4.79 Å². The number of para-hydroxylation sites is 1. The summed E-state index contributed by atoms with van der Waals surface area (Å²) in [5, 5.41) is 5.26. The minimum absolute atomic E-state index is 0.186. The Balaban J connectivity index is 1.80. The summed E-state index contributed by atoms with van der Waals surface area (Å²) in [6.45, 7) is 3.01. The van der Waals surface area contributed by atoms with Gasteiger partial charge in [-0.15, -0.1) is 0 Å². The molecule has 0 aromatic heterocycles. The van der Waals surface area contributed by atoms with Gasteiger partial charge in [-0.1, -0.05) is 29.8 Å². The molecule has 0 aliphatic carbocycles. The number of hydrogen-bond donors (Lipinski definition) is 3. The number of rotatable bonds is 3. The van der Waals surface area contributed by atoms with Crippen molar-refractivity contribution in [3.8, 4) is 0 Å². The summed E-state index contributed by atoms with van der Waals surface area (Å²) in [6, 6.07) is 22.5. The second-order valence-electron chi connectivity index (χ2n) is 7.41. The van der Waals surface area contributed by atoms with E-state index in [-0.39, 0.29) is 5.91 Å². The van der Waals surface area contributed by atoms with E-state index in [1.54, 1.807) is 11.1 Å². The smallest absolute Gasteiger partial charge is 0.255 e. The topological polar surface area (TPSA) is 87.6 Å². The molecule has 0 bridgehead atoms. The fraction of sp³-hybridized carbons (Fsp3) is 0.125.